The Bertz CT molecular complexity index is 481. The van der Waals surface area contributed by atoms with E-state index in [1.807, 2.05) is 0 Å². The number of amides is 1. The molecule has 0 saturated heterocycles. The topological polar surface area (TPSA) is 95.9 Å². The van der Waals surface area contributed by atoms with Crippen LogP contribution in [0.1, 0.15) is 5.56 Å². The SMILES string of the molecule is COC(=O)CNC(=O)/C=C/c1ccc(O)c(O)c1. The summed E-state index contributed by atoms with van der Waals surface area (Å²) < 4.78 is 4.35. The molecule has 96 valence electrons. The van der Waals surface area contributed by atoms with Crippen LogP contribution < -0.4 is 5.32 Å². The maximum atomic E-state index is 11.3. The molecule has 1 aromatic rings. The van der Waals surface area contributed by atoms with Crippen LogP contribution >= 0.6 is 0 Å². The van der Waals surface area contributed by atoms with Gasteiger partial charge in [-0.3, -0.25) is 9.59 Å². The van der Waals surface area contributed by atoms with Crippen molar-refractivity contribution in [1.29, 1.82) is 0 Å². The number of methoxy groups -OCH3 is 1. The molecule has 0 aliphatic carbocycles. The third-order valence-electron chi connectivity index (χ3n) is 2.06. The summed E-state index contributed by atoms with van der Waals surface area (Å²) in [6, 6.07) is 4.14. The summed E-state index contributed by atoms with van der Waals surface area (Å²) in [6.07, 6.45) is 2.64. The van der Waals surface area contributed by atoms with Gasteiger partial charge in [0.15, 0.2) is 11.5 Å². The fourth-order valence-corrected chi connectivity index (χ4v) is 1.11. The second-order valence-corrected chi connectivity index (χ2v) is 3.38. The summed E-state index contributed by atoms with van der Waals surface area (Å²) in [4.78, 5) is 22.0. The van der Waals surface area contributed by atoms with Gasteiger partial charge in [0.05, 0.1) is 7.11 Å². The van der Waals surface area contributed by atoms with Gasteiger partial charge in [-0.2, -0.15) is 0 Å². The van der Waals surface area contributed by atoms with Crippen LogP contribution in [0, 0.1) is 0 Å². The molecule has 0 unspecified atom stereocenters. The van der Waals surface area contributed by atoms with Crippen molar-refractivity contribution in [3.8, 4) is 11.5 Å². The average Bonchev–Trinajstić information content (AvgIpc) is 2.37. The number of carbonyl (C=O) groups excluding carboxylic acids is 2. The molecule has 0 atom stereocenters. The van der Waals surface area contributed by atoms with E-state index in [1.54, 1.807) is 0 Å². The predicted octanol–water partition coefficient (Wildman–Crippen LogP) is 0.400. The number of phenols is 2. The van der Waals surface area contributed by atoms with Gasteiger partial charge in [0.1, 0.15) is 6.54 Å². The second-order valence-electron chi connectivity index (χ2n) is 3.38. The van der Waals surface area contributed by atoms with Gasteiger partial charge >= 0.3 is 5.97 Å². The van der Waals surface area contributed by atoms with E-state index in [4.69, 9.17) is 5.11 Å². The molecule has 0 saturated carbocycles. The zero-order chi connectivity index (χ0) is 13.5. The molecule has 0 aliphatic heterocycles. The van der Waals surface area contributed by atoms with Crippen LogP contribution in [0.3, 0.4) is 0 Å². The van der Waals surface area contributed by atoms with Gasteiger partial charge in [0, 0.05) is 6.08 Å². The number of phenolic OH excluding ortho intramolecular Hbond substituents is 2. The number of hydrogen-bond donors (Lipinski definition) is 3. The largest absolute Gasteiger partial charge is 0.504 e. The molecule has 0 fully saturated rings. The lowest BCUT2D eigenvalue weighted by atomic mass is 10.2. The number of aromatic hydroxyl groups is 2. The highest BCUT2D eigenvalue weighted by atomic mass is 16.5. The summed E-state index contributed by atoms with van der Waals surface area (Å²) in [5.74, 6) is -1.51. The van der Waals surface area contributed by atoms with Gasteiger partial charge in [-0.1, -0.05) is 6.07 Å². The van der Waals surface area contributed by atoms with Crippen LogP contribution in [0.4, 0.5) is 0 Å². The summed E-state index contributed by atoms with van der Waals surface area (Å²) >= 11 is 0. The van der Waals surface area contributed by atoms with Gasteiger partial charge in [-0.05, 0) is 23.8 Å². The highest BCUT2D eigenvalue weighted by molar-refractivity contribution is 5.93. The fourth-order valence-electron chi connectivity index (χ4n) is 1.11. The minimum Gasteiger partial charge on any atom is -0.504 e. The van der Waals surface area contributed by atoms with E-state index in [0.29, 0.717) is 5.56 Å². The van der Waals surface area contributed by atoms with Crippen molar-refractivity contribution in [3.63, 3.8) is 0 Å². The lowest BCUT2D eigenvalue weighted by Gasteiger charge is -2.00. The highest BCUT2D eigenvalue weighted by Crippen LogP contribution is 2.25. The summed E-state index contributed by atoms with van der Waals surface area (Å²) in [6.45, 7) is -0.208. The first-order valence-electron chi connectivity index (χ1n) is 5.07. The third-order valence-corrected chi connectivity index (χ3v) is 2.06. The summed E-state index contributed by atoms with van der Waals surface area (Å²) in [5, 5.41) is 20.6. The van der Waals surface area contributed by atoms with Gasteiger partial charge in [-0.25, -0.2) is 0 Å². The summed E-state index contributed by atoms with van der Waals surface area (Å²) in [7, 11) is 1.23. The molecular weight excluding hydrogens is 238 g/mol. The predicted molar refractivity (Wildman–Crippen MR) is 63.8 cm³/mol. The number of rotatable bonds is 4. The highest BCUT2D eigenvalue weighted by Gasteiger charge is 2.02. The van der Waals surface area contributed by atoms with Crippen molar-refractivity contribution in [3.05, 3.63) is 29.8 Å². The number of ether oxygens (including phenoxy) is 1. The molecule has 6 heteroatoms. The Morgan fingerprint density at radius 2 is 2.06 bits per heavy atom. The number of carbonyl (C=O) groups is 2. The molecule has 6 nitrogen and oxygen atoms in total. The number of hydrogen-bond acceptors (Lipinski definition) is 5. The quantitative estimate of drug-likeness (QED) is 0.409. The molecule has 3 N–H and O–H groups in total. The van der Waals surface area contributed by atoms with E-state index in [0.717, 1.165) is 0 Å². The Labute approximate surface area is 104 Å². The molecule has 0 aliphatic rings. The lowest BCUT2D eigenvalue weighted by molar-refractivity contribution is -0.140. The van der Waals surface area contributed by atoms with Gasteiger partial charge in [0.25, 0.3) is 0 Å². The van der Waals surface area contributed by atoms with Crippen LogP contribution in [0.2, 0.25) is 0 Å². The second kappa shape index (κ2) is 6.29. The standard InChI is InChI=1S/C12H13NO5/c1-18-12(17)7-13-11(16)5-3-8-2-4-9(14)10(15)6-8/h2-6,14-15H,7H2,1H3,(H,13,16)/b5-3+. The van der Waals surface area contributed by atoms with Crippen molar-refractivity contribution < 1.29 is 24.5 Å². The Morgan fingerprint density at radius 1 is 1.33 bits per heavy atom. The minimum atomic E-state index is -0.543. The number of nitrogens with one attached hydrogen (secondary N) is 1. The van der Waals surface area contributed by atoms with E-state index in [-0.39, 0.29) is 18.0 Å². The van der Waals surface area contributed by atoms with Crippen LogP contribution in [0.5, 0.6) is 11.5 Å². The number of benzene rings is 1. The molecular formula is C12H13NO5. The van der Waals surface area contributed by atoms with Crippen LogP contribution in [-0.2, 0) is 14.3 Å². The normalized spacial score (nSPS) is 10.3. The minimum absolute atomic E-state index is 0.208. The summed E-state index contributed by atoms with van der Waals surface area (Å²) in [5.41, 5.74) is 0.540. The molecule has 0 spiro atoms. The first-order chi connectivity index (χ1) is 8.52. The fraction of sp³-hybridized carbons (Fsp3) is 0.167. The van der Waals surface area contributed by atoms with Crippen molar-refractivity contribution in [2.75, 3.05) is 13.7 Å². The monoisotopic (exact) mass is 251 g/mol. The first-order valence-corrected chi connectivity index (χ1v) is 5.07. The van der Waals surface area contributed by atoms with Crippen LogP contribution in [0.15, 0.2) is 24.3 Å². The van der Waals surface area contributed by atoms with Crippen molar-refractivity contribution in [1.82, 2.24) is 5.32 Å². The van der Waals surface area contributed by atoms with Gasteiger partial charge in [-0.15, -0.1) is 0 Å². The molecule has 0 heterocycles. The van der Waals surface area contributed by atoms with E-state index < -0.39 is 11.9 Å². The Balaban J connectivity index is 2.55. The Morgan fingerprint density at radius 3 is 2.67 bits per heavy atom. The van der Waals surface area contributed by atoms with Crippen LogP contribution in [-0.4, -0.2) is 35.7 Å². The van der Waals surface area contributed by atoms with E-state index in [2.05, 4.69) is 10.1 Å². The lowest BCUT2D eigenvalue weighted by Crippen LogP contribution is -2.28. The van der Waals surface area contributed by atoms with E-state index in [9.17, 15) is 14.7 Å². The average molecular weight is 251 g/mol. The first kappa shape index (κ1) is 13.6. The molecule has 1 aromatic carbocycles. The van der Waals surface area contributed by atoms with Crippen molar-refractivity contribution >= 4 is 18.0 Å². The Hall–Kier alpha value is -2.50. The molecule has 0 aromatic heterocycles. The molecule has 0 radical (unpaired) electrons. The zero-order valence-electron chi connectivity index (χ0n) is 9.71. The smallest absolute Gasteiger partial charge is 0.325 e. The van der Waals surface area contributed by atoms with Gasteiger partial charge in [0.2, 0.25) is 5.91 Å². The maximum Gasteiger partial charge on any atom is 0.325 e. The third kappa shape index (κ3) is 4.17. The molecule has 0 bridgehead atoms. The maximum absolute atomic E-state index is 11.3. The molecule has 1 rings (SSSR count). The van der Waals surface area contributed by atoms with Crippen molar-refractivity contribution in [2.24, 2.45) is 0 Å². The van der Waals surface area contributed by atoms with E-state index in [1.165, 1.54) is 37.5 Å². The molecule has 1 amide bonds. The van der Waals surface area contributed by atoms with E-state index >= 15 is 0 Å². The number of esters is 1. The van der Waals surface area contributed by atoms with Crippen molar-refractivity contribution in [2.45, 2.75) is 0 Å². The zero-order valence-corrected chi connectivity index (χ0v) is 9.71. The molecule has 18 heavy (non-hydrogen) atoms. The van der Waals surface area contributed by atoms with Crippen LogP contribution in [0.25, 0.3) is 6.08 Å². The van der Waals surface area contributed by atoms with Gasteiger partial charge < -0.3 is 20.3 Å². The Kier molecular flexibility index (Phi) is 4.74.